The Bertz CT molecular complexity index is 626. The molecule has 2 unspecified atom stereocenters. The minimum absolute atomic E-state index is 0.285. The van der Waals surface area contributed by atoms with E-state index < -0.39 is 10.0 Å². The van der Waals surface area contributed by atoms with E-state index in [2.05, 4.69) is 11.9 Å². The summed E-state index contributed by atoms with van der Waals surface area (Å²) >= 11 is 1.45. The van der Waals surface area contributed by atoms with Crippen LogP contribution in [0.2, 0.25) is 0 Å². The van der Waals surface area contributed by atoms with Gasteiger partial charge in [0.15, 0.2) is 0 Å². The number of sulfonamides is 1. The third-order valence-electron chi connectivity index (χ3n) is 4.88. The van der Waals surface area contributed by atoms with Crippen LogP contribution in [0.1, 0.15) is 29.7 Å². The lowest BCUT2D eigenvalue weighted by Gasteiger charge is -2.25. The van der Waals surface area contributed by atoms with E-state index in [0.29, 0.717) is 30.1 Å². The minimum atomic E-state index is -3.42. The first-order valence-electron chi connectivity index (χ1n) is 7.44. The Morgan fingerprint density at radius 2 is 2.05 bits per heavy atom. The van der Waals surface area contributed by atoms with Crippen molar-refractivity contribution in [3.05, 3.63) is 15.8 Å². The molecule has 2 bridgehead atoms. The fourth-order valence-electron chi connectivity index (χ4n) is 3.60. The molecule has 2 atom stereocenters. The highest BCUT2D eigenvalue weighted by atomic mass is 32.2. The van der Waals surface area contributed by atoms with Crippen LogP contribution < -0.4 is 5.73 Å². The van der Waals surface area contributed by atoms with Crippen molar-refractivity contribution < 1.29 is 8.42 Å². The molecule has 2 saturated heterocycles. The van der Waals surface area contributed by atoms with E-state index in [0.717, 1.165) is 23.3 Å². The maximum atomic E-state index is 13.0. The van der Waals surface area contributed by atoms with Crippen LogP contribution in [0.3, 0.4) is 0 Å². The Morgan fingerprint density at radius 3 is 2.76 bits per heavy atom. The van der Waals surface area contributed by atoms with Crippen molar-refractivity contribution in [2.45, 2.75) is 49.7 Å². The van der Waals surface area contributed by atoms with Gasteiger partial charge in [-0.05, 0) is 44.2 Å². The topological polar surface area (TPSA) is 66.6 Å². The number of nitrogens with two attached hydrogens (primary N) is 1. The predicted octanol–water partition coefficient (Wildman–Crippen LogP) is 1.37. The second-order valence-electron chi connectivity index (χ2n) is 6.08. The van der Waals surface area contributed by atoms with Gasteiger partial charge in [0.25, 0.3) is 0 Å². The molecule has 1 aromatic rings. The molecule has 3 heterocycles. The molecule has 1 aromatic heterocycles. The zero-order valence-corrected chi connectivity index (χ0v) is 14.2. The van der Waals surface area contributed by atoms with Crippen LogP contribution in [0, 0.1) is 6.92 Å². The van der Waals surface area contributed by atoms with Gasteiger partial charge in [-0.25, -0.2) is 8.42 Å². The van der Waals surface area contributed by atoms with Crippen LogP contribution >= 0.6 is 11.3 Å². The Labute approximate surface area is 130 Å². The monoisotopic (exact) mass is 329 g/mol. The Hall–Kier alpha value is -0.470. The smallest absolute Gasteiger partial charge is 0.244 e. The van der Waals surface area contributed by atoms with Crippen LogP contribution in [0.4, 0.5) is 0 Å². The van der Waals surface area contributed by atoms with E-state index >= 15 is 0 Å². The number of likely N-dealkylation sites (N-methyl/N-ethyl adjacent to an activating group) is 1. The highest BCUT2D eigenvalue weighted by molar-refractivity contribution is 7.89. The van der Waals surface area contributed by atoms with Gasteiger partial charge < -0.3 is 5.73 Å². The molecule has 118 valence electrons. The molecule has 0 aromatic carbocycles. The summed E-state index contributed by atoms with van der Waals surface area (Å²) in [5.74, 6) is 0. The molecule has 2 aliphatic rings. The molecule has 2 N–H and O–H groups in total. The standard InChI is InChI=1S/C14H23N3O2S2/c1-10-9-20-13(7-15)14(10)21(18,19)17-6-5-11-3-4-12(8-17)16(11)2/h9,11-12H,3-8,15H2,1-2H3. The van der Waals surface area contributed by atoms with Gasteiger partial charge >= 0.3 is 0 Å². The molecule has 21 heavy (non-hydrogen) atoms. The molecule has 0 saturated carbocycles. The summed E-state index contributed by atoms with van der Waals surface area (Å²) in [7, 11) is -1.30. The first-order chi connectivity index (χ1) is 9.95. The molecule has 0 radical (unpaired) electrons. The quantitative estimate of drug-likeness (QED) is 0.909. The number of nitrogens with zero attached hydrogens (tertiary/aromatic N) is 2. The van der Waals surface area contributed by atoms with Crippen molar-refractivity contribution in [3.8, 4) is 0 Å². The van der Waals surface area contributed by atoms with Crippen LogP contribution in [0.5, 0.6) is 0 Å². The molecule has 2 fully saturated rings. The van der Waals surface area contributed by atoms with Crippen molar-refractivity contribution in [2.24, 2.45) is 5.73 Å². The second-order valence-corrected chi connectivity index (χ2v) is 8.92. The fraction of sp³-hybridized carbons (Fsp3) is 0.714. The number of hydrogen-bond donors (Lipinski definition) is 1. The highest BCUT2D eigenvalue weighted by Gasteiger charge is 2.39. The minimum Gasteiger partial charge on any atom is -0.326 e. The number of thiophene rings is 1. The maximum Gasteiger partial charge on any atom is 0.244 e. The predicted molar refractivity (Wildman–Crippen MR) is 84.9 cm³/mol. The first-order valence-corrected chi connectivity index (χ1v) is 9.76. The lowest BCUT2D eigenvalue weighted by molar-refractivity contribution is 0.246. The molecule has 2 aliphatic heterocycles. The average molecular weight is 329 g/mol. The van der Waals surface area contributed by atoms with Gasteiger partial charge in [-0.1, -0.05) is 0 Å². The molecule has 7 heteroatoms. The second kappa shape index (κ2) is 5.62. The summed E-state index contributed by atoms with van der Waals surface area (Å²) in [6.45, 7) is 3.37. The fourth-order valence-corrected chi connectivity index (χ4v) is 6.74. The van der Waals surface area contributed by atoms with Gasteiger partial charge in [-0.2, -0.15) is 4.31 Å². The van der Waals surface area contributed by atoms with Crippen molar-refractivity contribution in [1.29, 1.82) is 0 Å². The molecule has 0 spiro atoms. The Morgan fingerprint density at radius 1 is 1.33 bits per heavy atom. The van der Waals surface area contributed by atoms with E-state index in [1.165, 1.54) is 17.8 Å². The van der Waals surface area contributed by atoms with Crippen molar-refractivity contribution >= 4 is 21.4 Å². The summed E-state index contributed by atoms with van der Waals surface area (Å²) in [5, 5.41) is 1.89. The lowest BCUT2D eigenvalue weighted by Crippen LogP contribution is -2.40. The van der Waals surface area contributed by atoms with Crippen LogP contribution in [0.25, 0.3) is 0 Å². The summed E-state index contributed by atoms with van der Waals surface area (Å²) in [4.78, 5) is 3.59. The number of hydrogen-bond acceptors (Lipinski definition) is 5. The van der Waals surface area contributed by atoms with E-state index in [1.807, 2.05) is 12.3 Å². The van der Waals surface area contributed by atoms with Gasteiger partial charge in [0.2, 0.25) is 10.0 Å². The summed E-state index contributed by atoms with van der Waals surface area (Å²) in [6.07, 6.45) is 3.22. The summed E-state index contributed by atoms with van der Waals surface area (Å²) < 4.78 is 27.8. The SMILES string of the molecule is Cc1csc(CN)c1S(=O)(=O)N1CCC2CCC(C1)N2C. The molecule has 5 nitrogen and oxygen atoms in total. The Balaban J connectivity index is 1.93. The third kappa shape index (κ3) is 2.55. The zero-order valence-electron chi connectivity index (χ0n) is 12.6. The van der Waals surface area contributed by atoms with Gasteiger partial charge in [-0.15, -0.1) is 11.3 Å². The number of rotatable bonds is 3. The van der Waals surface area contributed by atoms with Gasteiger partial charge in [-0.3, -0.25) is 4.90 Å². The zero-order chi connectivity index (χ0) is 15.2. The van der Waals surface area contributed by atoms with E-state index in [4.69, 9.17) is 5.73 Å². The number of aryl methyl sites for hydroxylation is 1. The maximum absolute atomic E-state index is 13.0. The van der Waals surface area contributed by atoms with Crippen LogP contribution in [-0.2, 0) is 16.6 Å². The Kier molecular flexibility index (Phi) is 4.13. The van der Waals surface area contributed by atoms with E-state index in [9.17, 15) is 8.42 Å². The molecule has 0 aliphatic carbocycles. The lowest BCUT2D eigenvalue weighted by atomic mass is 10.1. The van der Waals surface area contributed by atoms with Crippen molar-refractivity contribution in [2.75, 3.05) is 20.1 Å². The molecular formula is C14H23N3O2S2. The van der Waals surface area contributed by atoms with E-state index in [1.54, 1.807) is 4.31 Å². The van der Waals surface area contributed by atoms with Gasteiger partial charge in [0, 0.05) is 36.6 Å². The average Bonchev–Trinajstić information content (AvgIpc) is 2.90. The molecular weight excluding hydrogens is 306 g/mol. The normalized spacial score (nSPS) is 28.0. The van der Waals surface area contributed by atoms with Crippen molar-refractivity contribution in [1.82, 2.24) is 9.21 Å². The van der Waals surface area contributed by atoms with Gasteiger partial charge in [0.05, 0.1) is 0 Å². The van der Waals surface area contributed by atoms with Crippen molar-refractivity contribution in [3.63, 3.8) is 0 Å². The van der Waals surface area contributed by atoms with Crippen LogP contribution in [0.15, 0.2) is 10.3 Å². The third-order valence-corrected chi connectivity index (χ3v) is 8.24. The summed E-state index contributed by atoms with van der Waals surface area (Å²) in [6, 6.07) is 0.889. The highest BCUT2D eigenvalue weighted by Crippen LogP contribution is 2.34. The number of fused-ring (bicyclic) bond motifs is 2. The largest absolute Gasteiger partial charge is 0.326 e. The van der Waals surface area contributed by atoms with E-state index in [-0.39, 0.29) is 6.54 Å². The molecule has 3 rings (SSSR count). The van der Waals surface area contributed by atoms with Gasteiger partial charge in [0.1, 0.15) is 4.90 Å². The first kappa shape index (κ1) is 15.4. The summed E-state index contributed by atoms with van der Waals surface area (Å²) in [5.41, 5.74) is 6.55. The van der Waals surface area contributed by atoms with Crippen LogP contribution in [-0.4, -0.2) is 49.8 Å². The molecule has 0 amide bonds.